The summed E-state index contributed by atoms with van der Waals surface area (Å²) in [6.45, 7) is -0.0766. The molecule has 1 fully saturated rings. The molecule has 0 bridgehead atoms. The van der Waals surface area contributed by atoms with Crippen molar-refractivity contribution in [1.29, 1.82) is 0 Å². The highest BCUT2D eigenvalue weighted by molar-refractivity contribution is 7.18. The Morgan fingerprint density at radius 1 is 1.21 bits per heavy atom. The molecule has 3 rings (SSSR count). The first-order valence-electron chi connectivity index (χ1n) is 11.3. The Hall–Kier alpha value is -3.49. The number of hydrogen-bond acceptors (Lipinski definition) is 8. The van der Waals surface area contributed by atoms with Gasteiger partial charge in [0.15, 0.2) is 5.75 Å². The van der Waals surface area contributed by atoms with E-state index in [4.69, 9.17) is 21.1 Å². The zero-order chi connectivity index (χ0) is 27.8. The van der Waals surface area contributed by atoms with Crippen LogP contribution >= 0.6 is 22.9 Å². The van der Waals surface area contributed by atoms with Gasteiger partial charge in [-0.15, -0.1) is 11.3 Å². The van der Waals surface area contributed by atoms with Gasteiger partial charge < -0.3 is 35.1 Å². The molecule has 2 heterocycles. The van der Waals surface area contributed by atoms with Crippen LogP contribution in [0.15, 0.2) is 30.3 Å². The summed E-state index contributed by atoms with van der Waals surface area (Å²) in [5.74, 6) is -2.18. The lowest BCUT2D eigenvalue weighted by Gasteiger charge is -2.27. The fraction of sp³-hybridized carbons (Fsp3) is 0.391. The second-order valence-corrected chi connectivity index (χ2v) is 9.83. The summed E-state index contributed by atoms with van der Waals surface area (Å²) in [6.07, 6.45) is -1.43. The molecule has 2 aromatic rings. The number of alkyl carbamates (subject to hydrolysis) is 1. The summed E-state index contributed by atoms with van der Waals surface area (Å²) in [7, 11) is 0. The number of benzene rings is 1. The van der Waals surface area contributed by atoms with Gasteiger partial charge in [-0.05, 0) is 38.1 Å². The van der Waals surface area contributed by atoms with Gasteiger partial charge in [-0.25, -0.2) is 4.79 Å². The maximum absolute atomic E-state index is 13.1. The molecule has 1 aliphatic heterocycles. The molecule has 0 unspecified atom stereocenters. The number of carbonyl (C=O) groups is 4. The second-order valence-electron chi connectivity index (χ2n) is 8.11. The molecule has 11 nitrogen and oxygen atoms in total. The van der Waals surface area contributed by atoms with E-state index < -0.39 is 42.4 Å². The maximum Gasteiger partial charge on any atom is 0.408 e. The summed E-state index contributed by atoms with van der Waals surface area (Å²) < 4.78 is 41.3. The molecule has 0 aliphatic carbocycles. The van der Waals surface area contributed by atoms with Crippen LogP contribution in [-0.2, 0) is 19.1 Å². The Morgan fingerprint density at radius 2 is 1.97 bits per heavy atom. The summed E-state index contributed by atoms with van der Waals surface area (Å²) in [5, 5.41) is 7.28. The number of thiophene rings is 1. The molecule has 4 amide bonds. The van der Waals surface area contributed by atoms with Gasteiger partial charge in [0, 0.05) is 24.8 Å². The van der Waals surface area contributed by atoms with Crippen molar-refractivity contribution in [2.24, 2.45) is 0 Å². The van der Waals surface area contributed by atoms with Crippen LogP contribution < -0.4 is 25.6 Å². The van der Waals surface area contributed by atoms with Crippen LogP contribution in [-0.4, -0.2) is 68.9 Å². The van der Waals surface area contributed by atoms with E-state index in [9.17, 15) is 28.0 Å². The average molecular weight is 575 g/mol. The monoisotopic (exact) mass is 574 g/mol. The predicted molar refractivity (Wildman–Crippen MR) is 135 cm³/mol. The van der Waals surface area contributed by atoms with E-state index in [2.05, 4.69) is 20.7 Å². The van der Waals surface area contributed by atoms with Crippen molar-refractivity contribution in [3.05, 3.63) is 39.5 Å². The molecule has 1 aliphatic rings. The molecule has 206 valence electrons. The van der Waals surface area contributed by atoms with Gasteiger partial charge >= 0.3 is 12.7 Å². The zero-order valence-corrected chi connectivity index (χ0v) is 21.9. The lowest BCUT2D eigenvalue weighted by Crippen LogP contribution is -2.51. The molecular weight excluding hydrogens is 550 g/mol. The summed E-state index contributed by atoms with van der Waals surface area (Å²) in [5.41, 5.74) is 0.115. The number of carbonyl (C=O) groups excluding carboxylic acids is 4. The van der Waals surface area contributed by atoms with Gasteiger partial charge in [-0.3, -0.25) is 14.4 Å². The predicted octanol–water partition coefficient (Wildman–Crippen LogP) is 3.24. The minimum atomic E-state index is -3.23. The third-order valence-corrected chi connectivity index (χ3v) is 6.18. The first-order valence-corrected chi connectivity index (χ1v) is 12.5. The molecule has 1 saturated heterocycles. The molecule has 1 aromatic carbocycles. The van der Waals surface area contributed by atoms with Crippen LogP contribution in [0.25, 0.3) is 0 Å². The van der Waals surface area contributed by atoms with Crippen LogP contribution in [0.2, 0.25) is 4.34 Å². The van der Waals surface area contributed by atoms with Gasteiger partial charge in [0.25, 0.3) is 11.8 Å². The minimum absolute atomic E-state index is 0.153. The van der Waals surface area contributed by atoms with E-state index in [1.54, 1.807) is 13.8 Å². The van der Waals surface area contributed by atoms with Gasteiger partial charge in [0.05, 0.1) is 27.6 Å². The molecular formula is C23H25ClF2N4O7S. The van der Waals surface area contributed by atoms with Gasteiger partial charge in [0.2, 0.25) is 5.91 Å². The smallest absolute Gasteiger partial charge is 0.408 e. The first-order chi connectivity index (χ1) is 18.0. The molecule has 1 atom stereocenters. The highest BCUT2D eigenvalue weighted by atomic mass is 35.5. The number of amides is 4. The van der Waals surface area contributed by atoms with E-state index in [1.807, 2.05) is 0 Å². The van der Waals surface area contributed by atoms with Gasteiger partial charge in [-0.1, -0.05) is 11.6 Å². The SMILES string of the molecule is CC(C)OC(=O)N[C@H](CNC(=O)c1ccc(Cl)s1)C(=O)Nc1ccc(N2CCOCC2=O)cc1OC(F)F. The summed E-state index contributed by atoms with van der Waals surface area (Å²) in [6, 6.07) is 5.57. The Bertz CT molecular complexity index is 1180. The number of nitrogens with one attached hydrogen (secondary N) is 3. The standard InChI is InChI=1S/C23H25ClF2N4O7S/c1-12(2)36-23(34)29-15(10-27-21(33)17-5-6-18(24)38-17)20(32)28-14-4-3-13(9-16(14)37-22(25)26)30-7-8-35-11-19(30)31/h3-6,9,12,15,22H,7-8,10-11H2,1-2H3,(H,27,33)(H,28,32)(H,29,34)/t15-/m1/s1. The third kappa shape index (κ3) is 8.26. The van der Waals surface area contributed by atoms with Gasteiger partial charge in [-0.2, -0.15) is 8.78 Å². The van der Waals surface area contributed by atoms with Crippen LogP contribution in [0.1, 0.15) is 23.5 Å². The van der Waals surface area contributed by atoms with Crippen molar-refractivity contribution >= 4 is 58.1 Å². The number of rotatable bonds is 10. The number of hydrogen-bond donors (Lipinski definition) is 3. The van der Waals surface area contributed by atoms with Gasteiger partial charge in [0.1, 0.15) is 12.6 Å². The van der Waals surface area contributed by atoms with Crippen LogP contribution in [0.5, 0.6) is 5.75 Å². The van der Waals surface area contributed by atoms with Crippen LogP contribution in [0.4, 0.5) is 25.0 Å². The van der Waals surface area contributed by atoms with E-state index in [-0.39, 0.29) is 48.5 Å². The quantitative estimate of drug-likeness (QED) is 0.396. The zero-order valence-electron chi connectivity index (χ0n) is 20.3. The molecule has 0 saturated carbocycles. The fourth-order valence-electron chi connectivity index (χ4n) is 3.30. The minimum Gasteiger partial charge on any atom is -0.447 e. The Labute approximate surface area is 225 Å². The topological polar surface area (TPSA) is 135 Å². The molecule has 0 radical (unpaired) electrons. The molecule has 3 N–H and O–H groups in total. The van der Waals surface area contributed by atoms with E-state index >= 15 is 0 Å². The van der Waals surface area contributed by atoms with Crippen molar-refractivity contribution in [2.45, 2.75) is 32.6 Å². The second kappa shape index (κ2) is 13.3. The van der Waals surface area contributed by atoms with Crippen molar-refractivity contribution in [3.8, 4) is 5.75 Å². The van der Waals surface area contributed by atoms with E-state index in [0.717, 1.165) is 11.3 Å². The lowest BCUT2D eigenvalue weighted by atomic mass is 10.2. The Morgan fingerprint density at radius 3 is 2.61 bits per heavy atom. The largest absolute Gasteiger partial charge is 0.447 e. The number of ether oxygens (including phenoxy) is 3. The fourth-order valence-corrected chi connectivity index (χ4v) is 4.26. The third-order valence-electron chi connectivity index (χ3n) is 4.95. The first kappa shape index (κ1) is 29.1. The molecule has 38 heavy (non-hydrogen) atoms. The van der Waals surface area contributed by atoms with Crippen molar-refractivity contribution < 1.29 is 42.2 Å². The Balaban J connectivity index is 1.79. The highest BCUT2D eigenvalue weighted by Gasteiger charge is 2.26. The Kier molecular flexibility index (Phi) is 10.2. The van der Waals surface area contributed by atoms with Crippen LogP contribution in [0, 0.1) is 0 Å². The maximum atomic E-state index is 13.1. The van der Waals surface area contributed by atoms with E-state index in [1.165, 1.54) is 35.2 Å². The number of anilines is 2. The van der Waals surface area contributed by atoms with E-state index in [0.29, 0.717) is 4.34 Å². The lowest BCUT2D eigenvalue weighted by molar-refractivity contribution is -0.125. The molecule has 1 aromatic heterocycles. The molecule has 15 heteroatoms. The number of alkyl halides is 2. The van der Waals surface area contributed by atoms with Crippen LogP contribution in [0.3, 0.4) is 0 Å². The van der Waals surface area contributed by atoms with Crippen molar-refractivity contribution in [1.82, 2.24) is 10.6 Å². The normalized spacial score (nSPS) is 14.3. The summed E-state index contributed by atoms with van der Waals surface area (Å²) in [4.78, 5) is 51.5. The number of morpholine rings is 1. The molecule has 0 spiro atoms. The van der Waals surface area contributed by atoms with Crippen molar-refractivity contribution in [3.63, 3.8) is 0 Å². The van der Waals surface area contributed by atoms with Crippen molar-refractivity contribution in [2.75, 3.05) is 36.5 Å². The summed E-state index contributed by atoms with van der Waals surface area (Å²) >= 11 is 6.87. The number of nitrogens with zero attached hydrogens (tertiary/aromatic N) is 1. The number of halogens is 3. The highest BCUT2D eigenvalue weighted by Crippen LogP contribution is 2.32. The average Bonchev–Trinajstić information content (AvgIpc) is 3.28.